The van der Waals surface area contributed by atoms with Crippen molar-refractivity contribution in [3.05, 3.63) is 54.4 Å². The van der Waals surface area contributed by atoms with Gasteiger partial charge in [0.1, 0.15) is 5.69 Å². The zero-order chi connectivity index (χ0) is 18.7. The van der Waals surface area contributed by atoms with Crippen molar-refractivity contribution >= 4 is 27.1 Å². The molecule has 1 fully saturated rings. The first-order chi connectivity index (χ1) is 12.4. The molecular weight excluding hydrogens is 350 g/mol. The number of sulfone groups is 1. The number of carbonyl (C=O) groups is 1. The molecule has 1 amide bonds. The predicted octanol–water partition coefficient (Wildman–Crippen LogP) is 2.37. The number of hydrogen-bond donors (Lipinski definition) is 0. The maximum atomic E-state index is 12.8. The van der Waals surface area contributed by atoms with Gasteiger partial charge in [-0.05, 0) is 37.6 Å². The lowest BCUT2D eigenvalue weighted by molar-refractivity contribution is 0.0988. The molecule has 1 unspecified atom stereocenters. The molecule has 3 rings (SSSR count). The molecule has 26 heavy (non-hydrogen) atoms. The molecule has 0 aliphatic carbocycles. The minimum absolute atomic E-state index is 0.0535. The Labute approximate surface area is 154 Å². The Balaban J connectivity index is 1.84. The third-order valence-electron chi connectivity index (χ3n) is 4.73. The lowest BCUT2D eigenvalue weighted by atomic mass is 10.2. The summed E-state index contributed by atoms with van der Waals surface area (Å²) in [7, 11) is -1.25. The third kappa shape index (κ3) is 3.88. The van der Waals surface area contributed by atoms with Crippen molar-refractivity contribution in [3.8, 4) is 0 Å². The zero-order valence-corrected chi connectivity index (χ0v) is 15.8. The van der Waals surface area contributed by atoms with Gasteiger partial charge in [0.25, 0.3) is 5.91 Å². The molecule has 1 saturated heterocycles. The molecule has 6 nitrogen and oxygen atoms in total. The quantitative estimate of drug-likeness (QED) is 0.805. The Morgan fingerprint density at radius 2 is 1.92 bits per heavy atom. The number of rotatable bonds is 5. The van der Waals surface area contributed by atoms with Gasteiger partial charge < -0.3 is 9.80 Å². The normalized spacial score (nSPS) is 18.5. The molecule has 0 bridgehead atoms. The molecule has 0 saturated carbocycles. The van der Waals surface area contributed by atoms with Crippen molar-refractivity contribution in [1.29, 1.82) is 0 Å². The summed E-state index contributed by atoms with van der Waals surface area (Å²) >= 11 is 0. The zero-order valence-electron chi connectivity index (χ0n) is 15.0. The van der Waals surface area contributed by atoms with E-state index in [1.54, 1.807) is 24.2 Å². The molecule has 1 aromatic carbocycles. The number of para-hydroxylation sites is 1. The molecule has 138 valence electrons. The minimum atomic E-state index is -2.97. The largest absolute Gasteiger partial charge is 0.368 e. The highest BCUT2D eigenvalue weighted by atomic mass is 32.2. The van der Waals surface area contributed by atoms with Crippen molar-refractivity contribution in [2.45, 2.75) is 19.4 Å². The first-order valence-corrected chi connectivity index (χ1v) is 10.5. The number of pyridine rings is 1. The highest BCUT2D eigenvalue weighted by Gasteiger charge is 2.32. The van der Waals surface area contributed by atoms with Crippen molar-refractivity contribution in [3.63, 3.8) is 0 Å². The first-order valence-electron chi connectivity index (χ1n) is 8.67. The lowest BCUT2D eigenvalue weighted by Crippen LogP contribution is -2.36. The molecule has 2 heterocycles. The number of amides is 1. The molecule has 1 atom stereocenters. The third-order valence-corrected chi connectivity index (χ3v) is 6.48. The Kier molecular flexibility index (Phi) is 5.27. The molecule has 0 N–H and O–H groups in total. The number of anilines is 2. The minimum Gasteiger partial charge on any atom is -0.368 e. The van der Waals surface area contributed by atoms with Gasteiger partial charge in [-0.2, -0.15) is 0 Å². The van der Waals surface area contributed by atoms with E-state index in [1.165, 1.54) is 0 Å². The van der Waals surface area contributed by atoms with Crippen LogP contribution in [0.4, 0.5) is 11.4 Å². The molecular formula is C19H23N3O3S. The Morgan fingerprint density at radius 3 is 2.54 bits per heavy atom. The SMILES string of the molecule is CCN(c1ccnc(C(=O)N(C)c2ccccc2)c1)C1CCS(=O)(=O)C1. The van der Waals surface area contributed by atoms with Crippen molar-refractivity contribution < 1.29 is 13.2 Å². The highest BCUT2D eigenvalue weighted by Crippen LogP contribution is 2.25. The second kappa shape index (κ2) is 7.45. The average molecular weight is 373 g/mol. The summed E-state index contributed by atoms with van der Waals surface area (Å²) in [6, 6.07) is 12.9. The van der Waals surface area contributed by atoms with E-state index in [1.807, 2.05) is 48.2 Å². The molecule has 1 aliphatic rings. The van der Waals surface area contributed by atoms with Gasteiger partial charge in [-0.1, -0.05) is 18.2 Å². The molecule has 1 aliphatic heterocycles. The van der Waals surface area contributed by atoms with Crippen molar-refractivity contribution in [1.82, 2.24) is 4.98 Å². The maximum absolute atomic E-state index is 12.8. The lowest BCUT2D eigenvalue weighted by Gasteiger charge is -2.29. The summed E-state index contributed by atoms with van der Waals surface area (Å²) < 4.78 is 23.6. The van der Waals surface area contributed by atoms with Crippen LogP contribution in [-0.2, 0) is 9.84 Å². The Morgan fingerprint density at radius 1 is 1.19 bits per heavy atom. The Bertz CT molecular complexity index is 884. The fraction of sp³-hybridized carbons (Fsp3) is 0.368. The van der Waals surface area contributed by atoms with Gasteiger partial charge in [-0.25, -0.2) is 8.42 Å². The van der Waals surface area contributed by atoms with Crippen LogP contribution in [0.5, 0.6) is 0 Å². The van der Waals surface area contributed by atoms with Crippen LogP contribution in [0, 0.1) is 0 Å². The van der Waals surface area contributed by atoms with E-state index in [-0.39, 0.29) is 23.5 Å². The summed E-state index contributed by atoms with van der Waals surface area (Å²) in [5, 5.41) is 0. The van der Waals surface area contributed by atoms with Crippen LogP contribution in [0.25, 0.3) is 0 Å². The van der Waals surface area contributed by atoms with Crippen molar-refractivity contribution in [2.75, 3.05) is 34.9 Å². The van der Waals surface area contributed by atoms with Crippen LogP contribution in [-0.4, -0.2) is 50.4 Å². The molecule has 1 aromatic heterocycles. The van der Waals surface area contributed by atoms with Gasteiger partial charge in [0.15, 0.2) is 9.84 Å². The van der Waals surface area contributed by atoms with Gasteiger partial charge in [0.2, 0.25) is 0 Å². The topological polar surface area (TPSA) is 70.6 Å². The van der Waals surface area contributed by atoms with E-state index in [9.17, 15) is 13.2 Å². The second-order valence-electron chi connectivity index (χ2n) is 6.44. The molecule has 7 heteroatoms. The number of benzene rings is 1. The second-order valence-corrected chi connectivity index (χ2v) is 8.67. The van der Waals surface area contributed by atoms with Gasteiger partial charge in [0, 0.05) is 37.2 Å². The summed E-state index contributed by atoms with van der Waals surface area (Å²) in [4.78, 5) is 20.6. The number of aromatic nitrogens is 1. The van der Waals surface area contributed by atoms with Gasteiger partial charge in [-0.15, -0.1) is 0 Å². The van der Waals surface area contributed by atoms with Crippen LogP contribution in [0.2, 0.25) is 0 Å². The predicted molar refractivity (Wildman–Crippen MR) is 103 cm³/mol. The summed E-state index contributed by atoms with van der Waals surface area (Å²) in [5.74, 6) is 0.186. The maximum Gasteiger partial charge on any atom is 0.276 e. The monoisotopic (exact) mass is 373 g/mol. The summed E-state index contributed by atoms with van der Waals surface area (Å²) in [6.45, 7) is 2.66. The van der Waals surface area contributed by atoms with Crippen LogP contribution in [0.15, 0.2) is 48.7 Å². The fourth-order valence-electron chi connectivity index (χ4n) is 3.33. The van der Waals surface area contributed by atoms with E-state index < -0.39 is 9.84 Å². The van der Waals surface area contributed by atoms with E-state index in [4.69, 9.17) is 0 Å². The van der Waals surface area contributed by atoms with Gasteiger partial charge in [0.05, 0.1) is 11.5 Å². The highest BCUT2D eigenvalue weighted by molar-refractivity contribution is 7.91. The van der Waals surface area contributed by atoms with E-state index in [0.717, 1.165) is 11.4 Å². The van der Waals surface area contributed by atoms with Crippen LogP contribution in [0.3, 0.4) is 0 Å². The van der Waals surface area contributed by atoms with Crippen LogP contribution >= 0.6 is 0 Å². The van der Waals surface area contributed by atoms with Crippen molar-refractivity contribution in [2.24, 2.45) is 0 Å². The van der Waals surface area contributed by atoms with Gasteiger partial charge >= 0.3 is 0 Å². The number of nitrogens with zero attached hydrogens (tertiary/aromatic N) is 3. The standard InChI is InChI=1S/C19H23N3O3S/c1-3-22(17-10-12-26(24,25)14-17)16-9-11-20-18(13-16)19(23)21(2)15-7-5-4-6-8-15/h4-9,11,13,17H,3,10,12,14H2,1-2H3. The van der Waals surface area contributed by atoms with Gasteiger partial charge in [-0.3, -0.25) is 9.78 Å². The molecule has 2 aromatic rings. The molecule has 0 radical (unpaired) electrons. The van der Waals surface area contributed by atoms with Crippen LogP contribution < -0.4 is 9.80 Å². The summed E-state index contributed by atoms with van der Waals surface area (Å²) in [6.07, 6.45) is 2.22. The van der Waals surface area contributed by atoms with E-state index in [2.05, 4.69) is 4.98 Å². The fourth-order valence-corrected chi connectivity index (χ4v) is 5.06. The Hall–Kier alpha value is -2.41. The average Bonchev–Trinajstić information content (AvgIpc) is 3.01. The molecule has 0 spiro atoms. The number of hydrogen-bond acceptors (Lipinski definition) is 5. The number of carbonyl (C=O) groups excluding carboxylic acids is 1. The summed E-state index contributed by atoms with van der Waals surface area (Å²) in [5.41, 5.74) is 1.96. The smallest absolute Gasteiger partial charge is 0.276 e. The van der Waals surface area contributed by atoms with Crippen LogP contribution in [0.1, 0.15) is 23.8 Å². The van der Waals surface area contributed by atoms with E-state index >= 15 is 0 Å². The van der Waals surface area contributed by atoms with E-state index in [0.29, 0.717) is 18.7 Å². The first kappa shape index (κ1) is 18.4.